The second kappa shape index (κ2) is 14.3. The van der Waals surface area contributed by atoms with Crippen LogP contribution in [0.2, 0.25) is 0 Å². The van der Waals surface area contributed by atoms with Crippen molar-refractivity contribution in [2.24, 2.45) is 0 Å². The number of hydrogen-bond donors (Lipinski definition) is 0. The van der Waals surface area contributed by atoms with Crippen LogP contribution < -0.4 is 4.90 Å². The molecule has 0 unspecified atom stereocenters. The van der Waals surface area contributed by atoms with Gasteiger partial charge in [0.05, 0.1) is 27.5 Å². The number of nitrogens with zero attached hydrogens (tertiary/aromatic N) is 2. The first-order valence-electron chi connectivity index (χ1n) is 22.0. The molecule has 12 aromatic rings. The van der Waals surface area contributed by atoms with E-state index < -0.39 is 5.41 Å². The van der Waals surface area contributed by atoms with E-state index in [0.29, 0.717) is 0 Å². The van der Waals surface area contributed by atoms with Gasteiger partial charge < -0.3 is 13.9 Å². The van der Waals surface area contributed by atoms with Crippen LogP contribution in [-0.4, -0.2) is 4.57 Å². The van der Waals surface area contributed by atoms with Crippen LogP contribution in [0.5, 0.6) is 0 Å². The second-order valence-electron chi connectivity index (χ2n) is 16.8. The molecule has 0 amide bonds. The third-order valence-corrected chi connectivity index (χ3v) is 13.4. The van der Waals surface area contributed by atoms with Crippen molar-refractivity contribution in [2.45, 2.75) is 5.41 Å². The molecule has 300 valence electrons. The van der Waals surface area contributed by atoms with Gasteiger partial charge in [-0.2, -0.15) is 0 Å². The van der Waals surface area contributed by atoms with Crippen LogP contribution in [-0.2, 0) is 5.41 Å². The van der Waals surface area contributed by atoms with Crippen LogP contribution in [0.15, 0.2) is 247 Å². The van der Waals surface area contributed by atoms with Crippen molar-refractivity contribution >= 4 is 60.8 Å². The molecule has 0 N–H and O–H groups in total. The molecule has 2 heterocycles. The van der Waals surface area contributed by atoms with Crippen molar-refractivity contribution in [3.63, 3.8) is 0 Å². The molecular formula is C61H40N2O. The summed E-state index contributed by atoms with van der Waals surface area (Å²) in [6.07, 6.45) is 0. The van der Waals surface area contributed by atoms with Crippen molar-refractivity contribution in [1.29, 1.82) is 0 Å². The zero-order valence-electron chi connectivity index (χ0n) is 34.9. The lowest BCUT2D eigenvalue weighted by Crippen LogP contribution is -2.28. The number of furan rings is 1. The highest BCUT2D eigenvalue weighted by Gasteiger charge is 2.46. The Kier molecular flexibility index (Phi) is 8.13. The summed E-state index contributed by atoms with van der Waals surface area (Å²) in [6, 6.07) is 88.3. The van der Waals surface area contributed by atoms with Crippen LogP contribution in [0.1, 0.15) is 22.3 Å². The molecule has 1 aliphatic carbocycles. The van der Waals surface area contributed by atoms with Gasteiger partial charge in [0.15, 0.2) is 0 Å². The van der Waals surface area contributed by atoms with Gasteiger partial charge in [-0.05, 0) is 111 Å². The predicted molar refractivity (Wildman–Crippen MR) is 265 cm³/mol. The summed E-state index contributed by atoms with van der Waals surface area (Å²) in [5.41, 5.74) is 17.6. The number of fused-ring (bicyclic) bond motifs is 9. The maximum Gasteiger partial charge on any atom is 0.137 e. The van der Waals surface area contributed by atoms with Crippen molar-refractivity contribution in [1.82, 2.24) is 4.57 Å². The van der Waals surface area contributed by atoms with Crippen LogP contribution in [0.3, 0.4) is 0 Å². The average molecular weight is 817 g/mol. The van der Waals surface area contributed by atoms with Gasteiger partial charge in [0.1, 0.15) is 11.2 Å². The molecule has 0 saturated carbocycles. The van der Waals surface area contributed by atoms with Gasteiger partial charge in [0, 0.05) is 33.2 Å². The molecular weight excluding hydrogens is 777 g/mol. The number of para-hydroxylation sites is 2. The van der Waals surface area contributed by atoms with Gasteiger partial charge in [0.25, 0.3) is 0 Å². The van der Waals surface area contributed by atoms with Crippen LogP contribution >= 0.6 is 0 Å². The maximum atomic E-state index is 6.71. The van der Waals surface area contributed by atoms with Crippen LogP contribution in [0, 0.1) is 0 Å². The Hall–Kier alpha value is -8.40. The minimum atomic E-state index is -0.556. The van der Waals surface area contributed by atoms with E-state index in [1.54, 1.807) is 0 Å². The Labute approximate surface area is 371 Å². The first kappa shape index (κ1) is 36.3. The monoisotopic (exact) mass is 816 g/mol. The van der Waals surface area contributed by atoms with E-state index >= 15 is 0 Å². The Morgan fingerprint density at radius 1 is 0.375 bits per heavy atom. The molecule has 0 atom stereocenters. The van der Waals surface area contributed by atoms with E-state index in [0.717, 1.165) is 50.3 Å². The summed E-state index contributed by atoms with van der Waals surface area (Å²) in [4.78, 5) is 2.44. The van der Waals surface area contributed by atoms with Crippen molar-refractivity contribution in [2.75, 3.05) is 4.90 Å². The molecule has 0 radical (unpaired) electrons. The molecule has 1 aliphatic rings. The molecule has 13 rings (SSSR count). The zero-order valence-corrected chi connectivity index (χ0v) is 34.9. The minimum absolute atomic E-state index is 0.556. The Bertz CT molecular complexity index is 3650. The molecule has 2 aromatic heterocycles. The number of anilines is 3. The molecule has 0 saturated heterocycles. The van der Waals surface area contributed by atoms with Crippen LogP contribution in [0.4, 0.5) is 17.1 Å². The molecule has 10 aromatic carbocycles. The van der Waals surface area contributed by atoms with E-state index in [1.807, 2.05) is 0 Å². The highest BCUT2D eigenvalue weighted by molar-refractivity contribution is 6.14. The summed E-state index contributed by atoms with van der Waals surface area (Å²) in [5.74, 6) is 0. The van der Waals surface area contributed by atoms with Gasteiger partial charge in [-0.1, -0.05) is 176 Å². The fourth-order valence-corrected chi connectivity index (χ4v) is 10.8. The zero-order chi connectivity index (χ0) is 42.2. The summed E-state index contributed by atoms with van der Waals surface area (Å²) in [6.45, 7) is 0. The van der Waals surface area contributed by atoms with Crippen molar-refractivity contribution < 1.29 is 4.42 Å². The molecule has 0 aliphatic heterocycles. The number of aromatic nitrogens is 1. The largest absolute Gasteiger partial charge is 0.456 e. The SMILES string of the molecule is c1ccc(-c2ccc3oc4cccc(N(c5cccc(-n6c7ccccc7c7ccccc76)c5)c5cccc(C6(c7ccccc7)c7ccccc7-c7ccccc76)c5)c4c3c2)cc1. The molecule has 0 spiro atoms. The Balaban J connectivity index is 1.09. The Morgan fingerprint density at radius 2 is 0.953 bits per heavy atom. The molecule has 0 fully saturated rings. The van der Waals surface area contributed by atoms with E-state index in [-0.39, 0.29) is 0 Å². The highest BCUT2D eigenvalue weighted by Crippen LogP contribution is 2.57. The van der Waals surface area contributed by atoms with E-state index in [9.17, 15) is 0 Å². The van der Waals surface area contributed by atoms with Gasteiger partial charge >= 0.3 is 0 Å². The average Bonchev–Trinajstić information content (AvgIpc) is 4.02. The summed E-state index contributed by atoms with van der Waals surface area (Å²) in [5, 5.41) is 4.61. The quantitative estimate of drug-likeness (QED) is 0.160. The minimum Gasteiger partial charge on any atom is -0.456 e. The third kappa shape index (κ3) is 5.34. The molecule has 0 bridgehead atoms. The third-order valence-electron chi connectivity index (χ3n) is 13.4. The topological polar surface area (TPSA) is 21.3 Å². The van der Waals surface area contributed by atoms with Crippen molar-refractivity contribution in [3.05, 3.63) is 265 Å². The standard InChI is InChI=1S/C61H40N2O/c1-3-18-41(19-4-1)42-36-37-58-52(38-42)60-57(34-17-35-59(60)64-58)62(46-24-16-25-47(40-46)63-55-32-13-9-28-50(55)51-29-10-14-33-56(51)63)45-23-15-22-44(39-45)61(43-20-5-2-6-21-43)53-30-11-7-26-48(53)49-27-8-12-31-54(49)61/h1-40H. The Morgan fingerprint density at radius 3 is 1.67 bits per heavy atom. The fraction of sp³-hybridized carbons (Fsp3) is 0.0164. The van der Waals surface area contributed by atoms with Gasteiger partial charge in [-0.3, -0.25) is 0 Å². The first-order valence-corrected chi connectivity index (χ1v) is 22.0. The molecule has 3 nitrogen and oxygen atoms in total. The highest BCUT2D eigenvalue weighted by atomic mass is 16.3. The lowest BCUT2D eigenvalue weighted by atomic mass is 9.67. The normalized spacial score (nSPS) is 12.8. The number of hydrogen-bond acceptors (Lipinski definition) is 2. The summed E-state index contributed by atoms with van der Waals surface area (Å²) >= 11 is 0. The summed E-state index contributed by atoms with van der Waals surface area (Å²) < 4.78 is 9.11. The van der Waals surface area contributed by atoms with Crippen LogP contribution in [0.25, 0.3) is 71.7 Å². The lowest BCUT2D eigenvalue weighted by molar-refractivity contribution is 0.669. The second-order valence-corrected chi connectivity index (χ2v) is 16.8. The summed E-state index contributed by atoms with van der Waals surface area (Å²) in [7, 11) is 0. The van der Waals surface area contributed by atoms with Gasteiger partial charge in [-0.25, -0.2) is 0 Å². The molecule has 3 heteroatoms. The smallest absolute Gasteiger partial charge is 0.137 e. The van der Waals surface area contributed by atoms with E-state index in [1.165, 1.54) is 60.8 Å². The lowest BCUT2D eigenvalue weighted by Gasteiger charge is -2.35. The van der Waals surface area contributed by atoms with E-state index in [2.05, 4.69) is 252 Å². The predicted octanol–water partition coefficient (Wildman–Crippen LogP) is 16.2. The van der Waals surface area contributed by atoms with Crippen molar-refractivity contribution in [3.8, 4) is 27.9 Å². The fourth-order valence-electron chi connectivity index (χ4n) is 10.8. The maximum absolute atomic E-state index is 6.71. The first-order chi connectivity index (χ1) is 31.8. The number of rotatable bonds is 7. The van der Waals surface area contributed by atoms with Gasteiger partial charge in [-0.15, -0.1) is 0 Å². The number of benzene rings is 10. The molecule has 64 heavy (non-hydrogen) atoms. The van der Waals surface area contributed by atoms with E-state index in [4.69, 9.17) is 4.42 Å². The van der Waals surface area contributed by atoms with Gasteiger partial charge in [0.2, 0.25) is 0 Å².